The number of hydrogen-bond donors (Lipinski definition) is 0. The molecule has 0 saturated carbocycles. The molecular weight excluding hydrogens is 505 g/mol. The number of nitrogens with zero attached hydrogens (tertiary/aromatic N) is 1. The van der Waals surface area contributed by atoms with Gasteiger partial charge in [-0.15, -0.1) is 0 Å². The first-order chi connectivity index (χ1) is 17.3. The highest BCUT2D eigenvalue weighted by Crippen LogP contribution is 2.53. The van der Waals surface area contributed by atoms with Crippen LogP contribution in [-0.4, -0.2) is 23.5 Å². The summed E-state index contributed by atoms with van der Waals surface area (Å²) in [5.74, 6) is 0.662. The molecule has 0 radical (unpaired) electrons. The van der Waals surface area contributed by atoms with Crippen molar-refractivity contribution in [1.29, 1.82) is 0 Å². The van der Waals surface area contributed by atoms with E-state index >= 15 is 0 Å². The van der Waals surface area contributed by atoms with Crippen molar-refractivity contribution in [1.82, 2.24) is 4.90 Å². The number of carbonyl (C=O) groups excluding carboxylic acids is 2. The van der Waals surface area contributed by atoms with Crippen LogP contribution < -0.4 is 4.74 Å². The summed E-state index contributed by atoms with van der Waals surface area (Å²) in [6.45, 7) is 8.96. The first-order valence-corrected chi connectivity index (χ1v) is 13.5. The van der Waals surface area contributed by atoms with Gasteiger partial charge in [0, 0.05) is 48.3 Å². The molecule has 4 nitrogen and oxygen atoms in total. The number of ether oxygens (including phenoxy) is 1. The summed E-state index contributed by atoms with van der Waals surface area (Å²) in [4.78, 5) is 29.4. The zero-order valence-electron chi connectivity index (χ0n) is 22.1. The van der Waals surface area contributed by atoms with Gasteiger partial charge in [0.05, 0.1) is 10.0 Å². The van der Waals surface area contributed by atoms with Crippen LogP contribution in [0.25, 0.3) is 0 Å². The molecule has 0 bridgehead atoms. The van der Waals surface area contributed by atoms with Crippen molar-refractivity contribution in [2.24, 2.45) is 10.8 Å². The molecule has 0 unspecified atom stereocenters. The van der Waals surface area contributed by atoms with Gasteiger partial charge in [-0.2, -0.15) is 0 Å². The standard InChI is InChI=1S/C31H33Cl2NO3/c1-30(2)13-23-28(25(35)15-30)27(29-24(34(23)5)14-31(3,4)16-26(29)36)19-7-9-20(10-8-19)37-17-18-6-11-21(32)22(33)12-18/h6-12,27H,13-17H2,1-5H3. The van der Waals surface area contributed by atoms with E-state index in [1.807, 2.05) is 37.4 Å². The van der Waals surface area contributed by atoms with Crippen LogP contribution in [0.1, 0.15) is 70.4 Å². The first kappa shape index (κ1) is 26.1. The molecule has 194 valence electrons. The van der Waals surface area contributed by atoms with E-state index in [2.05, 4.69) is 32.6 Å². The van der Waals surface area contributed by atoms with E-state index in [0.29, 0.717) is 35.2 Å². The fourth-order valence-corrected chi connectivity index (χ4v) is 6.37. The van der Waals surface area contributed by atoms with Gasteiger partial charge in [0.2, 0.25) is 0 Å². The van der Waals surface area contributed by atoms with Crippen LogP contribution in [0, 0.1) is 10.8 Å². The molecule has 0 amide bonds. The molecule has 0 N–H and O–H groups in total. The van der Waals surface area contributed by atoms with Crippen molar-refractivity contribution in [2.75, 3.05) is 7.05 Å². The lowest BCUT2D eigenvalue weighted by molar-refractivity contribution is -0.119. The summed E-state index contributed by atoms with van der Waals surface area (Å²) in [7, 11) is 2.03. The Labute approximate surface area is 229 Å². The molecule has 0 fully saturated rings. The summed E-state index contributed by atoms with van der Waals surface area (Å²) in [6.07, 6.45) is 2.61. The number of benzene rings is 2. The van der Waals surface area contributed by atoms with E-state index in [1.54, 1.807) is 12.1 Å². The monoisotopic (exact) mass is 537 g/mol. The van der Waals surface area contributed by atoms with Gasteiger partial charge in [-0.1, -0.05) is 69.1 Å². The number of hydrogen-bond acceptors (Lipinski definition) is 4. The summed E-state index contributed by atoms with van der Waals surface area (Å²) >= 11 is 12.1. The van der Waals surface area contributed by atoms with Gasteiger partial charge in [-0.25, -0.2) is 0 Å². The van der Waals surface area contributed by atoms with E-state index in [4.69, 9.17) is 27.9 Å². The normalized spacial score (nSPS) is 21.2. The quantitative estimate of drug-likeness (QED) is 0.397. The first-order valence-electron chi connectivity index (χ1n) is 12.8. The van der Waals surface area contributed by atoms with Crippen LogP contribution in [0.15, 0.2) is 65.0 Å². The maximum atomic E-state index is 13.6. The maximum absolute atomic E-state index is 13.6. The summed E-state index contributed by atoms with van der Waals surface area (Å²) in [5.41, 5.74) is 5.37. The van der Waals surface area contributed by atoms with Crippen LogP contribution in [0.5, 0.6) is 5.75 Å². The molecule has 2 aromatic carbocycles. The van der Waals surface area contributed by atoms with Gasteiger partial charge in [-0.3, -0.25) is 9.59 Å². The second-order valence-corrected chi connectivity index (χ2v) is 13.0. The highest BCUT2D eigenvalue weighted by atomic mass is 35.5. The lowest BCUT2D eigenvalue weighted by Crippen LogP contribution is -2.43. The lowest BCUT2D eigenvalue weighted by atomic mass is 9.64. The van der Waals surface area contributed by atoms with E-state index in [1.165, 1.54) is 0 Å². The fourth-order valence-electron chi connectivity index (χ4n) is 6.05. The number of allylic oxidation sites excluding steroid dienone is 4. The van der Waals surface area contributed by atoms with E-state index < -0.39 is 0 Å². The fraction of sp³-hybridized carbons (Fsp3) is 0.419. The van der Waals surface area contributed by atoms with E-state index in [0.717, 1.165) is 46.5 Å². The Hall–Kier alpha value is -2.56. The molecule has 5 rings (SSSR count). The molecule has 0 saturated heterocycles. The van der Waals surface area contributed by atoms with Crippen molar-refractivity contribution in [3.05, 3.63) is 86.2 Å². The Balaban J connectivity index is 1.51. The molecule has 6 heteroatoms. The van der Waals surface area contributed by atoms with Crippen molar-refractivity contribution < 1.29 is 14.3 Å². The zero-order valence-corrected chi connectivity index (χ0v) is 23.6. The van der Waals surface area contributed by atoms with Crippen molar-refractivity contribution in [3.8, 4) is 5.75 Å². The predicted molar refractivity (Wildman–Crippen MR) is 148 cm³/mol. The third-order valence-electron chi connectivity index (χ3n) is 7.78. The smallest absolute Gasteiger partial charge is 0.162 e. The topological polar surface area (TPSA) is 46.6 Å². The van der Waals surface area contributed by atoms with Gasteiger partial charge in [0.25, 0.3) is 0 Å². The Morgan fingerprint density at radius 3 is 1.86 bits per heavy atom. The second kappa shape index (κ2) is 9.32. The Bertz CT molecular complexity index is 1300. The number of carbonyl (C=O) groups is 2. The van der Waals surface area contributed by atoms with Gasteiger partial charge >= 0.3 is 0 Å². The van der Waals surface area contributed by atoms with Crippen molar-refractivity contribution in [3.63, 3.8) is 0 Å². The van der Waals surface area contributed by atoms with Crippen molar-refractivity contribution >= 4 is 34.8 Å². The minimum absolute atomic E-state index is 0.108. The molecule has 0 atom stereocenters. The molecule has 2 aromatic rings. The molecular formula is C31H33Cl2NO3. The minimum Gasteiger partial charge on any atom is -0.489 e. The third kappa shape index (κ3) is 4.98. The third-order valence-corrected chi connectivity index (χ3v) is 8.52. The Morgan fingerprint density at radius 1 is 0.811 bits per heavy atom. The maximum Gasteiger partial charge on any atom is 0.162 e. The number of halogens is 2. The average Bonchev–Trinajstić information content (AvgIpc) is 2.80. The van der Waals surface area contributed by atoms with Crippen LogP contribution >= 0.6 is 23.2 Å². The van der Waals surface area contributed by atoms with Crippen LogP contribution in [-0.2, 0) is 16.2 Å². The summed E-state index contributed by atoms with van der Waals surface area (Å²) < 4.78 is 5.99. The second-order valence-electron chi connectivity index (χ2n) is 12.2. The van der Waals surface area contributed by atoms with Gasteiger partial charge in [-0.05, 0) is 59.1 Å². The Kier molecular flexibility index (Phi) is 6.57. The number of ketones is 2. The van der Waals surface area contributed by atoms with Gasteiger partial charge < -0.3 is 9.64 Å². The Morgan fingerprint density at radius 2 is 1.35 bits per heavy atom. The SMILES string of the molecule is CN1C2=C(C(=O)CC(C)(C)C2)C(c2ccc(OCc3ccc(Cl)c(Cl)c3)cc2)C2=C1CC(C)(C)CC2=O. The molecule has 0 aromatic heterocycles. The summed E-state index contributed by atoms with van der Waals surface area (Å²) in [6, 6.07) is 13.3. The van der Waals surface area contributed by atoms with Crippen molar-refractivity contribution in [2.45, 2.75) is 65.9 Å². The van der Waals surface area contributed by atoms with Gasteiger partial charge in [0.1, 0.15) is 12.4 Å². The zero-order chi connectivity index (χ0) is 26.7. The predicted octanol–water partition coefficient (Wildman–Crippen LogP) is 7.89. The van der Waals surface area contributed by atoms with Crippen LogP contribution in [0.4, 0.5) is 0 Å². The highest BCUT2D eigenvalue weighted by molar-refractivity contribution is 6.42. The molecule has 3 aliphatic rings. The van der Waals surface area contributed by atoms with E-state index in [-0.39, 0.29) is 28.3 Å². The molecule has 1 heterocycles. The highest BCUT2D eigenvalue weighted by Gasteiger charge is 2.48. The van der Waals surface area contributed by atoms with E-state index in [9.17, 15) is 9.59 Å². The molecule has 2 aliphatic carbocycles. The largest absolute Gasteiger partial charge is 0.489 e. The van der Waals surface area contributed by atoms with Crippen LogP contribution in [0.2, 0.25) is 10.0 Å². The number of Topliss-reactive ketones (excluding diaryl/α,β-unsaturated/α-hetero) is 2. The minimum atomic E-state index is -0.336. The number of rotatable bonds is 4. The molecule has 0 spiro atoms. The summed E-state index contributed by atoms with van der Waals surface area (Å²) in [5, 5.41) is 1.01. The molecule has 37 heavy (non-hydrogen) atoms. The molecule has 1 aliphatic heterocycles. The van der Waals surface area contributed by atoms with Crippen LogP contribution in [0.3, 0.4) is 0 Å². The van der Waals surface area contributed by atoms with Gasteiger partial charge in [0.15, 0.2) is 11.6 Å². The lowest BCUT2D eigenvalue weighted by Gasteiger charge is -2.47. The average molecular weight is 539 g/mol.